The van der Waals surface area contributed by atoms with Crippen molar-refractivity contribution >= 4 is 11.8 Å². The maximum absolute atomic E-state index is 12.2. The van der Waals surface area contributed by atoms with Gasteiger partial charge in [-0.25, -0.2) is 0 Å². The van der Waals surface area contributed by atoms with E-state index < -0.39 is 11.7 Å². The maximum atomic E-state index is 12.2. The van der Waals surface area contributed by atoms with Crippen LogP contribution in [0.25, 0.3) is 0 Å². The summed E-state index contributed by atoms with van der Waals surface area (Å²) in [5.41, 5.74) is -0.592. The van der Waals surface area contributed by atoms with Gasteiger partial charge in [0, 0.05) is 10.1 Å². The molecule has 0 aliphatic carbocycles. The van der Waals surface area contributed by atoms with Gasteiger partial charge in [-0.2, -0.15) is 13.2 Å². The zero-order valence-electron chi connectivity index (χ0n) is 7.93. The predicted molar refractivity (Wildman–Crippen MR) is 52.4 cm³/mol. The van der Waals surface area contributed by atoms with E-state index in [9.17, 15) is 13.2 Å². The Morgan fingerprint density at radius 1 is 1.07 bits per heavy atom. The lowest BCUT2D eigenvalue weighted by Crippen LogP contribution is -2.04. The molecule has 0 fully saturated rings. The Bertz CT molecular complexity index is 287. The molecule has 0 saturated carbocycles. The lowest BCUT2D eigenvalue weighted by molar-refractivity contribution is -0.137. The highest BCUT2D eigenvalue weighted by Gasteiger charge is 2.29. The van der Waals surface area contributed by atoms with Gasteiger partial charge in [0.2, 0.25) is 0 Å². The minimum atomic E-state index is -4.24. The monoisotopic (exact) mass is 220 g/mol. The summed E-state index contributed by atoms with van der Waals surface area (Å²) in [5, 5.41) is 0.381. The Balaban J connectivity index is 2.79. The fourth-order valence-electron chi connectivity index (χ4n) is 0.995. The number of benzene rings is 1. The highest BCUT2D eigenvalue weighted by molar-refractivity contribution is 7.99. The molecule has 78 valence electrons. The Kier molecular flexibility index (Phi) is 3.48. The van der Waals surface area contributed by atoms with Crippen LogP contribution in [0.1, 0.15) is 19.4 Å². The third-order valence-corrected chi connectivity index (χ3v) is 2.57. The van der Waals surface area contributed by atoms with Gasteiger partial charge >= 0.3 is 6.18 Å². The van der Waals surface area contributed by atoms with Crippen molar-refractivity contribution in [2.24, 2.45) is 0 Å². The first-order chi connectivity index (χ1) is 6.39. The minimum Gasteiger partial charge on any atom is -0.166 e. The Hall–Kier alpha value is -0.640. The summed E-state index contributed by atoms with van der Waals surface area (Å²) in [5.74, 6) is 0. The van der Waals surface area contributed by atoms with Crippen LogP contribution in [-0.2, 0) is 6.18 Å². The van der Waals surface area contributed by atoms with Crippen molar-refractivity contribution in [1.82, 2.24) is 0 Å². The standard InChI is InChI=1S/C10H11F3S/c1-7(2)14-9-5-3-8(4-6-9)10(11,12)13/h3-7H,1-2H3. The van der Waals surface area contributed by atoms with E-state index in [1.807, 2.05) is 13.8 Å². The number of alkyl halides is 3. The number of hydrogen-bond donors (Lipinski definition) is 0. The molecule has 0 atom stereocenters. The summed E-state index contributed by atoms with van der Waals surface area (Å²) in [6.07, 6.45) is -4.24. The third kappa shape index (κ3) is 3.25. The lowest BCUT2D eigenvalue weighted by atomic mass is 10.2. The van der Waals surface area contributed by atoms with E-state index in [2.05, 4.69) is 0 Å². The highest BCUT2D eigenvalue weighted by Crippen LogP contribution is 2.31. The van der Waals surface area contributed by atoms with Crippen LogP contribution in [0.15, 0.2) is 29.2 Å². The zero-order valence-corrected chi connectivity index (χ0v) is 8.75. The van der Waals surface area contributed by atoms with Crippen molar-refractivity contribution in [3.05, 3.63) is 29.8 Å². The molecule has 1 aromatic carbocycles. The molecule has 0 nitrogen and oxygen atoms in total. The molecule has 0 amide bonds. The Morgan fingerprint density at radius 3 is 1.93 bits per heavy atom. The van der Waals surface area contributed by atoms with E-state index in [1.165, 1.54) is 12.1 Å². The molecule has 0 bridgehead atoms. The quantitative estimate of drug-likeness (QED) is 0.673. The van der Waals surface area contributed by atoms with Gasteiger partial charge in [-0.3, -0.25) is 0 Å². The van der Waals surface area contributed by atoms with E-state index >= 15 is 0 Å². The van der Waals surface area contributed by atoms with Crippen LogP contribution in [0.5, 0.6) is 0 Å². The number of thioether (sulfide) groups is 1. The van der Waals surface area contributed by atoms with Crippen LogP contribution in [0.3, 0.4) is 0 Å². The molecule has 0 aliphatic rings. The molecular weight excluding hydrogens is 209 g/mol. The van der Waals surface area contributed by atoms with Gasteiger partial charge < -0.3 is 0 Å². The van der Waals surface area contributed by atoms with Crippen molar-refractivity contribution < 1.29 is 13.2 Å². The van der Waals surface area contributed by atoms with Crippen LogP contribution in [-0.4, -0.2) is 5.25 Å². The first-order valence-corrected chi connectivity index (χ1v) is 5.11. The van der Waals surface area contributed by atoms with Gasteiger partial charge in [0.05, 0.1) is 5.56 Å². The molecule has 14 heavy (non-hydrogen) atoms. The van der Waals surface area contributed by atoms with Crippen LogP contribution in [0.2, 0.25) is 0 Å². The summed E-state index contributed by atoms with van der Waals surface area (Å²) >= 11 is 1.55. The first kappa shape index (κ1) is 11.4. The topological polar surface area (TPSA) is 0 Å². The average Bonchev–Trinajstić information content (AvgIpc) is 2.02. The van der Waals surface area contributed by atoms with Crippen LogP contribution >= 0.6 is 11.8 Å². The Labute approximate surface area is 85.5 Å². The normalized spacial score (nSPS) is 12.1. The molecule has 0 N–H and O–H groups in total. The van der Waals surface area contributed by atoms with Gasteiger partial charge in [0.25, 0.3) is 0 Å². The summed E-state index contributed by atoms with van der Waals surface area (Å²) in [6, 6.07) is 5.25. The molecule has 0 aromatic heterocycles. The van der Waals surface area contributed by atoms with Crippen molar-refractivity contribution in [3.8, 4) is 0 Å². The van der Waals surface area contributed by atoms with Gasteiger partial charge in [0.1, 0.15) is 0 Å². The van der Waals surface area contributed by atoms with Gasteiger partial charge in [-0.15, -0.1) is 11.8 Å². The van der Waals surface area contributed by atoms with Crippen LogP contribution in [0.4, 0.5) is 13.2 Å². The Morgan fingerprint density at radius 2 is 1.57 bits per heavy atom. The first-order valence-electron chi connectivity index (χ1n) is 4.23. The highest BCUT2D eigenvalue weighted by atomic mass is 32.2. The lowest BCUT2D eigenvalue weighted by Gasteiger charge is -2.08. The summed E-state index contributed by atoms with van der Waals surface area (Å²) in [6.45, 7) is 4.00. The largest absolute Gasteiger partial charge is 0.416 e. The van der Waals surface area contributed by atoms with Crippen molar-refractivity contribution in [2.45, 2.75) is 30.2 Å². The number of hydrogen-bond acceptors (Lipinski definition) is 1. The summed E-state index contributed by atoms with van der Waals surface area (Å²) < 4.78 is 36.5. The molecule has 4 heteroatoms. The smallest absolute Gasteiger partial charge is 0.166 e. The fourth-order valence-corrected chi connectivity index (χ4v) is 1.83. The second kappa shape index (κ2) is 4.26. The molecule has 0 saturated heterocycles. The third-order valence-electron chi connectivity index (χ3n) is 1.55. The molecule has 0 spiro atoms. The molecule has 1 rings (SSSR count). The summed E-state index contributed by atoms with van der Waals surface area (Å²) in [7, 11) is 0. The van der Waals surface area contributed by atoms with Gasteiger partial charge in [-0.1, -0.05) is 13.8 Å². The van der Waals surface area contributed by atoms with Crippen LogP contribution < -0.4 is 0 Å². The fraction of sp³-hybridized carbons (Fsp3) is 0.400. The molecule has 0 radical (unpaired) electrons. The van der Waals surface area contributed by atoms with Gasteiger partial charge in [-0.05, 0) is 24.3 Å². The van der Waals surface area contributed by atoms with E-state index in [0.29, 0.717) is 5.25 Å². The molecule has 0 heterocycles. The SMILES string of the molecule is CC(C)Sc1ccc(C(F)(F)F)cc1. The van der Waals surface area contributed by atoms with E-state index in [0.717, 1.165) is 17.0 Å². The zero-order chi connectivity index (χ0) is 10.8. The van der Waals surface area contributed by atoms with E-state index in [1.54, 1.807) is 11.8 Å². The number of rotatable bonds is 2. The molecule has 0 unspecified atom stereocenters. The minimum absolute atomic E-state index is 0.381. The molecule has 0 aliphatic heterocycles. The average molecular weight is 220 g/mol. The molecular formula is C10H11F3S. The van der Waals surface area contributed by atoms with Crippen molar-refractivity contribution in [3.63, 3.8) is 0 Å². The second-order valence-electron chi connectivity index (χ2n) is 3.19. The van der Waals surface area contributed by atoms with Crippen LogP contribution in [0, 0.1) is 0 Å². The summed E-state index contributed by atoms with van der Waals surface area (Å²) in [4.78, 5) is 0.869. The second-order valence-corrected chi connectivity index (χ2v) is 4.84. The van der Waals surface area contributed by atoms with Crippen molar-refractivity contribution in [2.75, 3.05) is 0 Å². The molecule has 1 aromatic rings. The number of halogens is 3. The van der Waals surface area contributed by atoms with E-state index in [4.69, 9.17) is 0 Å². The van der Waals surface area contributed by atoms with E-state index in [-0.39, 0.29) is 0 Å². The van der Waals surface area contributed by atoms with Gasteiger partial charge in [0.15, 0.2) is 0 Å². The predicted octanol–water partition coefficient (Wildman–Crippen LogP) is 4.21. The maximum Gasteiger partial charge on any atom is 0.416 e. The van der Waals surface area contributed by atoms with Crippen molar-refractivity contribution in [1.29, 1.82) is 0 Å².